The number of hydrazine groups is 1. The van der Waals surface area contributed by atoms with E-state index in [4.69, 9.17) is 21.7 Å². The zero-order valence-corrected chi connectivity index (χ0v) is 20.2. The Labute approximate surface area is 214 Å². The van der Waals surface area contributed by atoms with Crippen molar-refractivity contribution in [1.82, 2.24) is 16.2 Å². The Hall–Kier alpha value is -4.43. The summed E-state index contributed by atoms with van der Waals surface area (Å²) in [5.41, 5.74) is 6.50. The predicted molar refractivity (Wildman–Crippen MR) is 143 cm³/mol. The van der Waals surface area contributed by atoms with E-state index in [0.29, 0.717) is 23.7 Å². The summed E-state index contributed by atoms with van der Waals surface area (Å²) in [6, 6.07) is 30.3. The Balaban J connectivity index is 1.16. The van der Waals surface area contributed by atoms with Gasteiger partial charge in [-0.3, -0.25) is 25.8 Å². The van der Waals surface area contributed by atoms with Crippen LogP contribution in [0.15, 0.2) is 97.1 Å². The number of ether oxygens (including phenoxy) is 2. The Kier molecular flexibility index (Phi) is 8.45. The van der Waals surface area contributed by atoms with E-state index >= 15 is 0 Å². The number of nitrogens with one attached hydrogen (secondary N) is 3. The first kappa shape index (κ1) is 24.7. The molecule has 0 aliphatic heterocycles. The smallest absolute Gasteiger partial charge is 0.276 e. The van der Waals surface area contributed by atoms with E-state index in [9.17, 15) is 9.59 Å². The quantitative estimate of drug-likeness (QED) is 0.249. The Morgan fingerprint density at radius 3 is 2.19 bits per heavy atom. The van der Waals surface area contributed by atoms with E-state index in [0.717, 1.165) is 17.2 Å². The number of carbonyl (C=O) groups is 2. The standard InChI is InChI=1S/C28H25N3O4S/c32-26(19-35-25-15-10-21-8-4-5-9-23(21)18-25)30-31-28(36)29-27(33)22-11-13-24(14-12-22)34-17-16-20-6-2-1-3-7-20/h1-15,18H,16-17,19H2,(H,30,32)(H2,29,31,33,36). The van der Waals surface area contributed by atoms with Crippen molar-refractivity contribution in [2.24, 2.45) is 0 Å². The molecular weight excluding hydrogens is 474 g/mol. The first-order valence-corrected chi connectivity index (χ1v) is 11.8. The monoisotopic (exact) mass is 499 g/mol. The van der Waals surface area contributed by atoms with Gasteiger partial charge < -0.3 is 9.47 Å². The van der Waals surface area contributed by atoms with Crippen LogP contribution in [-0.2, 0) is 11.2 Å². The lowest BCUT2D eigenvalue weighted by Crippen LogP contribution is -2.49. The van der Waals surface area contributed by atoms with Gasteiger partial charge in [0.15, 0.2) is 11.7 Å². The van der Waals surface area contributed by atoms with Crippen molar-refractivity contribution in [2.75, 3.05) is 13.2 Å². The molecular formula is C28H25N3O4S. The van der Waals surface area contributed by atoms with Crippen LogP contribution >= 0.6 is 12.2 Å². The van der Waals surface area contributed by atoms with Gasteiger partial charge in [0, 0.05) is 12.0 Å². The molecule has 0 aromatic heterocycles. The minimum Gasteiger partial charge on any atom is -0.493 e. The summed E-state index contributed by atoms with van der Waals surface area (Å²) in [5, 5.41) is 4.58. The molecule has 7 nitrogen and oxygen atoms in total. The van der Waals surface area contributed by atoms with Crippen molar-refractivity contribution in [3.63, 3.8) is 0 Å². The van der Waals surface area contributed by atoms with Gasteiger partial charge in [0.05, 0.1) is 6.61 Å². The molecule has 0 bridgehead atoms. The fourth-order valence-corrected chi connectivity index (χ4v) is 3.55. The third-order valence-corrected chi connectivity index (χ3v) is 5.46. The van der Waals surface area contributed by atoms with E-state index in [1.807, 2.05) is 66.7 Å². The van der Waals surface area contributed by atoms with Gasteiger partial charge in [-0.2, -0.15) is 0 Å². The highest BCUT2D eigenvalue weighted by atomic mass is 32.1. The van der Waals surface area contributed by atoms with Crippen LogP contribution in [0.3, 0.4) is 0 Å². The van der Waals surface area contributed by atoms with Gasteiger partial charge in [0.1, 0.15) is 11.5 Å². The maximum atomic E-state index is 12.4. The molecule has 3 N–H and O–H groups in total. The molecule has 2 amide bonds. The van der Waals surface area contributed by atoms with Crippen LogP contribution in [0.5, 0.6) is 11.5 Å². The summed E-state index contributed by atoms with van der Waals surface area (Å²) in [6.07, 6.45) is 0.794. The third kappa shape index (κ3) is 7.28. The maximum Gasteiger partial charge on any atom is 0.276 e. The van der Waals surface area contributed by atoms with E-state index in [1.54, 1.807) is 30.3 Å². The molecule has 8 heteroatoms. The zero-order chi connectivity index (χ0) is 25.2. The molecule has 0 saturated carbocycles. The second-order valence-electron chi connectivity index (χ2n) is 7.86. The normalized spacial score (nSPS) is 10.3. The van der Waals surface area contributed by atoms with Gasteiger partial charge in [-0.1, -0.05) is 60.7 Å². The third-order valence-electron chi connectivity index (χ3n) is 5.25. The lowest BCUT2D eigenvalue weighted by Gasteiger charge is -2.12. The lowest BCUT2D eigenvalue weighted by atomic mass is 10.1. The van der Waals surface area contributed by atoms with E-state index < -0.39 is 11.8 Å². The molecule has 0 atom stereocenters. The molecule has 0 heterocycles. The highest BCUT2D eigenvalue weighted by Crippen LogP contribution is 2.20. The van der Waals surface area contributed by atoms with Crippen LogP contribution < -0.4 is 25.6 Å². The van der Waals surface area contributed by atoms with Gasteiger partial charge in [0.2, 0.25) is 0 Å². The molecule has 4 aromatic rings. The fraction of sp³-hybridized carbons (Fsp3) is 0.107. The average Bonchev–Trinajstić information content (AvgIpc) is 2.91. The summed E-state index contributed by atoms with van der Waals surface area (Å²) < 4.78 is 11.3. The first-order valence-electron chi connectivity index (χ1n) is 11.4. The molecule has 4 aromatic carbocycles. The number of hydrogen-bond donors (Lipinski definition) is 3. The Bertz CT molecular complexity index is 1340. The molecule has 0 spiro atoms. The molecule has 0 fully saturated rings. The summed E-state index contributed by atoms with van der Waals surface area (Å²) in [5.74, 6) is 0.385. The van der Waals surface area contributed by atoms with Gasteiger partial charge in [-0.05, 0) is 65.0 Å². The molecule has 0 aliphatic rings. The molecule has 0 radical (unpaired) electrons. The lowest BCUT2D eigenvalue weighted by molar-refractivity contribution is -0.123. The summed E-state index contributed by atoms with van der Waals surface area (Å²) in [6.45, 7) is 0.321. The maximum absolute atomic E-state index is 12.4. The van der Waals surface area contributed by atoms with Crippen LogP contribution in [0.25, 0.3) is 10.8 Å². The predicted octanol–water partition coefficient (Wildman–Crippen LogP) is 4.18. The summed E-state index contributed by atoms with van der Waals surface area (Å²) in [7, 11) is 0. The van der Waals surface area contributed by atoms with Crippen molar-refractivity contribution in [3.05, 3.63) is 108 Å². The molecule has 0 unspecified atom stereocenters. The number of fused-ring (bicyclic) bond motifs is 1. The molecule has 0 aliphatic carbocycles. The number of benzene rings is 4. The second kappa shape index (κ2) is 12.3. The van der Waals surface area contributed by atoms with Gasteiger partial charge >= 0.3 is 0 Å². The van der Waals surface area contributed by atoms with Crippen LogP contribution in [-0.4, -0.2) is 30.1 Å². The summed E-state index contributed by atoms with van der Waals surface area (Å²) >= 11 is 5.09. The first-order chi connectivity index (χ1) is 17.6. The largest absolute Gasteiger partial charge is 0.493 e. The number of hydrogen-bond acceptors (Lipinski definition) is 5. The van der Waals surface area contributed by atoms with Crippen LogP contribution in [0.2, 0.25) is 0 Å². The van der Waals surface area contributed by atoms with Crippen molar-refractivity contribution in [3.8, 4) is 11.5 Å². The average molecular weight is 500 g/mol. The van der Waals surface area contributed by atoms with Crippen molar-refractivity contribution < 1.29 is 19.1 Å². The van der Waals surface area contributed by atoms with Gasteiger partial charge in [0.25, 0.3) is 11.8 Å². The second-order valence-corrected chi connectivity index (χ2v) is 8.27. The number of amides is 2. The fourth-order valence-electron chi connectivity index (χ4n) is 3.41. The molecule has 36 heavy (non-hydrogen) atoms. The van der Waals surface area contributed by atoms with Gasteiger partial charge in [-0.25, -0.2) is 0 Å². The summed E-state index contributed by atoms with van der Waals surface area (Å²) in [4.78, 5) is 24.5. The molecule has 4 rings (SSSR count). The van der Waals surface area contributed by atoms with Gasteiger partial charge in [-0.15, -0.1) is 0 Å². The SMILES string of the molecule is O=C(COc1ccc2ccccc2c1)NNC(=S)NC(=O)c1ccc(OCCc2ccccc2)cc1. The Morgan fingerprint density at radius 1 is 0.722 bits per heavy atom. The number of carbonyl (C=O) groups excluding carboxylic acids is 2. The van der Waals surface area contributed by atoms with E-state index in [1.165, 1.54) is 5.56 Å². The topological polar surface area (TPSA) is 88.7 Å². The zero-order valence-electron chi connectivity index (χ0n) is 19.4. The molecule has 0 saturated heterocycles. The highest BCUT2D eigenvalue weighted by molar-refractivity contribution is 7.80. The van der Waals surface area contributed by atoms with E-state index in [-0.39, 0.29) is 11.7 Å². The Morgan fingerprint density at radius 2 is 1.42 bits per heavy atom. The minimum atomic E-state index is -0.447. The van der Waals surface area contributed by atoms with Crippen LogP contribution in [0.1, 0.15) is 15.9 Å². The van der Waals surface area contributed by atoms with Crippen molar-refractivity contribution >= 4 is 39.9 Å². The number of thiocarbonyl (C=S) groups is 1. The van der Waals surface area contributed by atoms with Crippen molar-refractivity contribution in [1.29, 1.82) is 0 Å². The highest BCUT2D eigenvalue weighted by Gasteiger charge is 2.10. The van der Waals surface area contributed by atoms with Crippen molar-refractivity contribution in [2.45, 2.75) is 6.42 Å². The van der Waals surface area contributed by atoms with E-state index in [2.05, 4.69) is 16.2 Å². The minimum absolute atomic E-state index is 0.0396. The number of rotatable bonds is 8. The van der Waals surface area contributed by atoms with Crippen LogP contribution in [0, 0.1) is 0 Å². The molecule has 182 valence electrons. The van der Waals surface area contributed by atoms with Crippen LogP contribution in [0.4, 0.5) is 0 Å².